The van der Waals surface area contributed by atoms with Crippen molar-refractivity contribution in [1.29, 1.82) is 0 Å². The number of benzene rings is 2. The van der Waals surface area contributed by atoms with Gasteiger partial charge in [0.2, 0.25) is 10.0 Å². The van der Waals surface area contributed by atoms with Crippen LogP contribution in [0.2, 0.25) is 5.02 Å². The standard InChI is InChI=1S/C19H17ClN4O3S/c1-12-6-2-5-9-17(12)28(26,27)24-10-14-16(11-24)22-23-18(14)21-19(25)13-7-3-4-8-15(13)20/h2-9H,10-11H2,1H3,(H2,21,22,23,25). The number of aromatic nitrogens is 2. The molecule has 7 nitrogen and oxygen atoms in total. The summed E-state index contributed by atoms with van der Waals surface area (Å²) in [6.07, 6.45) is 0. The Morgan fingerprint density at radius 1 is 1.14 bits per heavy atom. The third-order valence-corrected chi connectivity index (χ3v) is 6.96. The number of aromatic amines is 1. The van der Waals surface area contributed by atoms with Crippen molar-refractivity contribution >= 4 is 33.3 Å². The molecule has 0 radical (unpaired) electrons. The molecule has 1 aromatic heterocycles. The van der Waals surface area contributed by atoms with Gasteiger partial charge in [0.25, 0.3) is 5.91 Å². The number of fused-ring (bicyclic) bond motifs is 1. The Hall–Kier alpha value is -2.68. The summed E-state index contributed by atoms with van der Waals surface area (Å²) in [7, 11) is -3.67. The van der Waals surface area contributed by atoms with E-state index in [1.165, 1.54) is 4.31 Å². The molecule has 0 spiro atoms. The second-order valence-corrected chi connectivity index (χ2v) is 8.81. The Morgan fingerprint density at radius 3 is 2.61 bits per heavy atom. The second kappa shape index (κ2) is 7.05. The summed E-state index contributed by atoms with van der Waals surface area (Å²) in [4.78, 5) is 12.8. The minimum atomic E-state index is -3.67. The van der Waals surface area contributed by atoms with Crippen molar-refractivity contribution in [3.63, 3.8) is 0 Å². The Bertz CT molecular complexity index is 1170. The zero-order valence-corrected chi connectivity index (χ0v) is 16.5. The van der Waals surface area contributed by atoms with Gasteiger partial charge in [-0.3, -0.25) is 9.89 Å². The molecule has 2 heterocycles. The third-order valence-electron chi connectivity index (χ3n) is 4.68. The van der Waals surface area contributed by atoms with Crippen molar-refractivity contribution in [3.8, 4) is 0 Å². The van der Waals surface area contributed by atoms with E-state index < -0.39 is 15.9 Å². The zero-order chi connectivity index (χ0) is 19.9. The Labute approximate surface area is 167 Å². The smallest absolute Gasteiger partial charge is 0.258 e. The fourth-order valence-electron chi connectivity index (χ4n) is 3.19. The topological polar surface area (TPSA) is 95.2 Å². The van der Waals surface area contributed by atoms with Crippen LogP contribution in [-0.4, -0.2) is 28.8 Å². The number of carbonyl (C=O) groups is 1. The van der Waals surface area contributed by atoms with Gasteiger partial charge in [0.15, 0.2) is 0 Å². The maximum Gasteiger partial charge on any atom is 0.258 e. The number of carbonyl (C=O) groups excluding carboxylic acids is 1. The summed E-state index contributed by atoms with van der Waals surface area (Å²) in [6, 6.07) is 13.5. The molecule has 0 atom stereocenters. The van der Waals surface area contributed by atoms with Crippen molar-refractivity contribution in [2.24, 2.45) is 0 Å². The molecule has 28 heavy (non-hydrogen) atoms. The number of nitrogens with one attached hydrogen (secondary N) is 2. The molecule has 9 heteroatoms. The molecule has 1 amide bonds. The minimum absolute atomic E-state index is 0.126. The normalized spacial score (nSPS) is 14.1. The number of aryl methyl sites for hydroxylation is 1. The van der Waals surface area contributed by atoms with Gasteiger partial charge in [-0.25, -0.2) is 8.42 Å². The first-order chi connectivity index (χ1) is 13.4. The van der Waals surface area contributed by atoms with Crippen molar-refractivity contribution in [3.05, 3.63) is 75.9 Å². The van der Waals surface area contributed by atoms with Gasteiger partial charge >= 0.3 is 0 Å². The molecule has 0 saturated carbocycles. The highest BCUT2D eigenvalue weighted by molar-refractivity contribution is 7.89. The van der Waals surface area contributed by atoms with Crippen molar-refractivity contribution < 1.29 is 13.2 Å². The number of H-pyrrole nitrogens is 1. The van der Waals surface area contributed by atoms with Crippen LogP contribution in [0, 0.1) is 6.92 Å². The lowest BCUT2D eigenvalue weighted by Gasteiger charge is -2.17. The van der Waals surface area contributed by atoms with Crippen LogP contribution < -0.4 is 5.32 Å². The third kappa shape index (κ3) is 3.19. The van der Waals surface area contributed by atoms with E-state index in [2.05, 4.69) is 15.5 Å². The van der Waals surface area contributed by atoms with Gasteiger partial charge in [-0.1, -0.05) is 41.9 Å². The van der Waals surface area contributed by atoms with Gasteiger partial charge in [0.05, 0.1) is 27.7 Å². The van der Waals surface area contributed by atoms with Gasteiger partial charge in [-0.05, 0) is 30.7 Å². The SMILES string of the molecule is Cc1ccccc1S(=O)(=O)N1Cc2n[nH]c(NC(=O)c3ccccc3Cl)c2C1. The number of amides is 1. The fourth-order valence-corrected chi connectivity index (χ4v) is 5.00. The van der Waals surface area contributed by atoms with Gasteiger partial charge in [0.1, 0.15) is 5.82 Å². The lowest BCUT2D eigenvalue weighted by atomic mass is 10.2. The summed E-state index contributed by atoms with van der Waals surface area (Å²) in [5.74, 6) is -0.0142. The van der Waals surface area contributed by atoms with Gasteiger partial charge in [-0.15, -0.1) is 0 Å². The van der Waals surface area contributed by atoms with Gasteiger partial charge < -0.3 is 5.32 Å². The van der Waals surface area contributed by atoms with E-state index in [1.807, 2.05) is 0 Å². The molecule has 0 bridgehead atoms. The van der Waals surface area contributed by atoms with Crippen molar-refractivity contribution in [2.75, 3.05) is 5.32 Å². The van der Waals surface area contributed by atoms with Crippen LogP contribution in [0.4, 0.5) is 5.82 Å². The number of halogens is 1. The molecule has 2 N–H and O–H groups in total. The Balaban J connectivity index is 1.58. The van der Waals surface area contributed by atoms with E-state index in [4.69, 9.17) is 11.6 Å². The maximum atomic E-state index is 13.0. The average molecular weight is 417 g/mol. The molecular formula is C19H17ClN4O3S. The van der Waals surface area contributed by atoms with Gasteiger partial charge in [0, 0.05) is 12.1 Å². The van der Waals surface area contributed by atoms with Crippen molar-refractivity contribution in [2.45, 2.75) is 24.9 Å². The molecule has 0 saturated heterocycles. The quantitative estimate of drug-likeness (QED) is 0.681. The van der Waals surface area contributed by atoms with E-state index in [1.54, 1.807) is 55.5 Å². The van der Waals surface area contributed by atoms with E-state index in [9.17, 15) is 13.2 Å². The van der Waals surface area contributed by atoms with Crippen LogP contribution in [0.1, 0.15) is 27.2 Å². The molecule has 4 rings (SSSR count). The zero-order valence-electron chi connectivity index (χ0n) is 14.9. The van der Waals surface area contributed by atoms with E-state index in [-0.39, 0.29) is 18.0 Å². The van der Waals surface area contributed by atoms with Crippen LogP contribution in [0.3, 0.4) is 0 Å². The molecule has 1 aliphatic rings. The predicted molar refractivity (Wildman–Crippen MR) is 106 cm³/mol. The molecule has 0 fully saturated rings. The number of sulfonamides is 1. The molecule has 3 aromatic rings. The molecule has 144 valence electrons. The van der Waals surface area contributed by atoms with Crippen LogP contribution in [0.5, 0.6) is 0 Å². The molecular weight excluding hydrogens is 400 g/mol. The van der Waals surface area contributed by atoms with Crippen LogP contribution in [-0.2, 0) is 23.1 Å². The average Bonchev–Trinajstić information content (AvgIpc) is 3.25. The highest BCUT2D eigenvalue weighted by Crippen LogP contribution is 2.32. The number of anilines is 1. The first kappa shape index (κ1) is 18.7. The summed E-state index contributed by atoms with van der Waals surface area (Å²) < 4.78 is 27.4. The van der Waals surface area contributed by atoms with Crippen molar-refractivity contribution in [1.82, 2.24) is 14.5 Å². The van der Waals surface area contributed by atoms with E-state index in [0.717, 1.165) is 0 Å². The molecule has 0 aliphatic carbocycles. The first-order valence-corrected chi connectivity index (χ1v) is 10.4. The molecule has 2 aromatic carbocycles. The van der Waals surface area contributed by atoms with Crippen LogP contribution in [0.15, 0.2) is 53.4 Å². The summed E-state index contributed by atoms with van der Waals surface area (Å²) >= 11 is 6.07. The number of hydrogen-bond donors (Lipinski definition) is 2. The Morgan fingerprint density at radius 2 is 1.86 bits per heavy atom. The number of nitrogens with zero attached hydrogens (tertiary/aromatic N) is 2. The monoisotopic (exact) mass is 416 g/mol. The van der Waals surface area contributed by atoms with Crippen LogP contribution >= 0.6 is 11.6 Å². The molecule has 1 aliphatic heterocycles. The summed E-state index contributed by atoms with van der Waals surface area (Å²) in [5, 5.41) is 10.0. The summed E-state index contributed by atoms with van der Waals surface area (Å²) in [6.45, 7) is 2.03. The summed E-state index contributed by atoms with van der Waals surface area (Å²) in [5.41, 5.74) is 2.25. The first-order valence-electron chi connectivity index (χ1n) is 8.55. The highest BCUT2D eigenvalue weighted by atomic mass is 35.5. The fraction of sp³-hybridized carbons (Fsp3) is 0.158. The van der Waals surface area contributed by atoms with E-state index >= 15 is 0 Å². The van der Waals surface area contributed by atoms with Crippen LogP contribution in [0.25, 0.3) is 0 Å². The lowest BCUT2D eigenvalue weighted by Crippen LogP contribution is -2.27. The largest absolute Gasteiger partial charge is 0.307 e. The minimum Gasteiger partial charge on any atom is -0.307 e. The van der Waals surface area contributed by atoms with E-state index in [0.29, 0.717) is 33.2 Å². The number of rotatable bonds is 4. The lowest BCUT2D eigenvalue weighted by molar-refractivity contribution is 0.102. The highest BCUT2D eigenvalue weighted by Gasteiger charge is 2.35. The van der Waals surface area contributed by atoms with Gasteiger partial charge in [-0.2, -0.15) is 9.40 Å². The second-order valence-electron chi connectivity index (χ2n) is 6.50. The Kier molecular flexibility index (Phi) is 4.70. The maximum absolute atomic E-state index is 13.0. The molecule has 0 unspecified atom stereocenters. The predicted octanol–water partition coefficient (Wildman–Crippen LogP) is 3.33. The number of hydrogen-bond acceptors (Lipinski definition) is 4.